The highest BCUT2D eigenvalue weighted by molar-refractivity contribution is 6.09. The molecule has 0 aliphatic rings. The number of amides is 2. The number of benzene rings is 3. The molecule has 0 aliphatic heterocycles. The molecule has 3 aromatic rings. The van der Waals surface area contributed by atoms with Crippen LogP contribution >= 0.6 is 0 Å². The molecule has 0 bridgehead atoms. The van der Waals surface area contributed by atoms with Gasteiger partial charge in [-0.3, -0.25) is 24.5 Å². The van der Waals surface area contributed by atoms with Crippen molar-refractivity contribution in [1.29, 1.82) is 0 Å². The molecule has 0 aromatic heterocycles. The quantitative estimate of drug-likeness (QED) is 0.267. The van der Waals surface area contributed by atoms with Crippen LogP contribution in [0.25, 0.3) is 0 Å². The summed E-state index contributed by atoms with van der Waals surface area (Å²) in [6.07, 6.45) is -5.21. The summed E-state index contributed by atoms with van der Waals surface area (Å²) in [4.78, 5) is 46.1. The Bertz CT molecular complexity index is 1260. The van der Waals surface area contributed by atoms with Gasteiger partial charge in [-0.05, 0) is 42.3 Å². The molecule has 0 radical (unpaired) electrons. The monoisotopic (exact) mass is 485 g/mol. The lowest BCUT2D eigenvalue weighted by atomic mass is 10.0. The molecule has 0 saturated heterocycles. The summed E-state index contributed by atoms with van der Waals surface area (Å²) in [7, 11) is 0. The first-order chi connectivity index (χ1) is 16.5. The number of hydrogen-bond donors (Lipinski definition) is 2. The van der Waals surface area contributed by atoms with Crippen LogP contribution in [-0.2, 0) is 16.0 Å². The molecule has 0 atom stereocenters. The lowest BCUT2D eigenvalue weighted by molar-refractivity contribution is -0.384. The number of aryl methyl sites for hydroxylation is 1. The maximum atomic E-state index is 12.4. The van der Waals surface area contributed by atoms with Crippen molar-refractivity contribution in [3.63, 3.8) is 0 Å². The van der Waals surface area contributed by atoms with Gasteiger partial charge in [0.25, 0.3) is 5.69 Å². The Morgan fingerprint density at radius 2 is 1.49 bits per heavy atom. The van der Waals surface area contributed by atoms with E-state index < -0.39 is 34.3 Å². The largest absolute Gasteiger partial charge is 0.471 e. The number of nitro benzene ring substituents is 1. The van der Waals surface area contributed by atoms with E-state index in [2.05, 4.69) is 5.32 Å². The molecule has 0 heterocycles. The summed E-state index contributed by atoms with van der Waals surface area (Å²) in [5.74, 6) is -2.91. The maximum absolute atomic E-state index is 12.4. The summed E-state index contributed by atoms with van der Waals surface area (Å²) in [5.41, 5.74) is 0.410. The van der Waals surface area contributed by atoms with E-state index in [-0.39, 0.29) is 18.6 Å². The van der Waals surface area contributed by atoms with E-state index >= 15 is 0 Å². The van der Waals surface area contributed by atoms with E-state index in [1.54, 1.807) is 54.6 Å². The van der Waals surface area contributed by atoms with Crippen LogP contribution in [-0.4, -0.2) is 28.7 Å². The highest BCUT2D eigenvalue weighted by Crippen LogP contribution is 2.28. The summed E-state index contributed by atoms with van der Waals surface area (Å²) < 4.78 is 37.3. The van der Waals surface area contributed by atoms with Gasteiger partial charge in [0, 0.05) is 29.3 Å². The molecule has 0 fully saturated rings. The number of nitro groups is 1. The normalized spacial score (nSPS) is 10.9. The number of ketones is 1. The third-order valence-corrected chi connectivity index (χ3v) is 4.87. The smallest absolute Gasteiger partial charge is 0.326 e. The molecule has 8 nitrogen and oxygen atoms in total. The molecule has 11 heteroatoms. The zero-order chi connectivity index (χ0) is 25.6. The van der Waals surface area contributed by atoms with Gasteiger partial charge in [-0.25, -0.2) is 0 Å². The Hall–Kier alpha value is -4.54. The fourth-order valence-corrected chi connectivity index (χ4v) is 3.13. The predicted octanol–water partition coefficient (Wildman–Crippen LogP) is 4.90. The number of nitrogens with zero attached hydrogens (tertiary/aromatic N) is 1. The van der Waals surface area contributed by atoms with Gasteiger partial charge in [0.05, 0.1) is 4.92 Å². The second kappa shape index (κ2) is 10.6. The van der Waals surface area contributed by atoms with Crippen LogP contribution in [0.4, 0.5) is 30.2 Å². The molecule has 0 aliphatic carbocycles. The third kappa shape index (κ3) is 6.73. The van der Waals surface area contributed by atoms with E-state index in [1.165, 1.54) is 11.4 Å². The molecular formula is C24H18F3N3O5. The Labute approximate surface area is 196 Å². The van der Waals surface area contributed by atoms with Gasteiger partial charge in [0.2, 0.25) is 5.91 Å². The Balaban J connectivity index is 1.60. The maximum Gasteiger partial charge on any atom is 0.471 e. The first-order valence-electron chi connectivity index (χ1n) is 10.2. The van der Waals surface area contributed by atoms with Crippen molar-refractivity contribution >= 4 is 34.7 Å². The number of anilines is 2. The minimum atomic E-state index is -5.20. The standard InChI is InChI=1S/C24H18F3N3O5/c25-24(26,27)23(33)29-19-12-6-15(14-20(19)30(34)35)7-13-21(31)28-18-10-8-17(9-11-18)22(32)16-4-2-1-3-5-16/h1-6,8-12,14H,7,13H2,(H,28,31)(H,29,33). The lowest BCUT2D eigenvalue weighted by Crippen LogP contribution is -2.30. The third-order valence-electron chi connectivity index (χ3n) is 4.87. The minimum absolute atomic E-state index is 0.0603. The number of nitrogens with one attached hydrogen (secondary N) is 2. The molecule has 2 N–H and O–H groups in total. The van der Waals surface area contributed by atoms with Gasteiger partial charge in [0.15, 0.2) is 5.78 Å². The minimum Gasteiger partial charge on any atom is -0.326 e. The van der Waals surface area contributed by atoms with Gasteiger partial charge in [0.1, 0.15) is 5.69 Å². The van der Waals surface area contributed by atoms with Gasteiger partial charge in [-0.2, -0.15) is 13.2 Å². The highest BCUT2D eigenvalue weighted by Gasteiger charge is 2.39. The fourth-order valence-electron chi connectivity index (χ4n) is 3.13. The van der Waals surface area contributed by atoms with E-state index in [1.807, 2.05) is 0 Å². The van der Waals surface area contributed by atoms with Crippen LogP contribution < -0.4 is 10.6 Å². The Morgan fingerprint density at radius 3 is 2.09 bits per heavy atom. The number of alkyl halides is 3. The number of halogens is 3. The molecule has 35 heavy (non-hydrogen) atoms. The second-order valence-corrected chi connectivity index (χ2v) is 7.38. The molecule has 2 amide bonds. The van der Waals surface area contributed by atoms with Gasteiger partial charge in [-0.15, -0.1) is 0 Å². The van der Waals surface area contributed by atoms with Crippen LogP contribution in [0.5, 0.6) is 0 Å². The molecule has 0 spiro atoms. The number of hydrogen-bond acceptors (Lipinski definition) is 5. The summed E-state index contributed by atoms with van der Waals surface area (Å²) in [5, 5.41) is 15.3. The summed E-state index contributed by atoms with van der Waals surface area (Å²) in [6, 6.07) is 18.2. The molecule has 0 saturated carbocycles. The van der Waals surface area contributed by atoms with Crippen LogP contribution in [0.3, 0.4) is 0 Å². The van der Waals surface area contributed by atoms with Crippen molar-refractivity contribution in [3.8, 4) is 0 Å². The van der Waals surface area contributed by atoms with E-state index in [9.17, 15) is 37.7 Å². The molecular weight excluding hydrogens is 467 g/mol. The zero-order valence-electron chi connectivity index (χ0n) is 18.0. The average Bonchev–Trinajstić information content (AvgIpc) is 2.83. The van der Waals surface area contributed by atoms with Gasteiger partial charge < -0.3 is 10.6 Å². The van der Waals surface area contributed by atoms with Crippen LogP contribution in [0.1, 0.15) is 27.9 Å². The van der Waals surface area contributed by atoms with Crippen molar-refractivity contribution in [2.45, 2.75) is 19.0 Å². The van der Waals surface area contributed by atoms with E-state index in [4.69, 9.17) is 0 Å². The summed E-state index contributed by atoms with van der Waals surface area (Å²) >= 11 is 0. The first-order valence-corrected chi connectivity index (χ1v) is 10.2. The van der Waals surface area contributed by atoms with E-state index in [0.717, 1.165) is 12.1 Å². The van der Waals surface area contributed by atoms with E-state index in [0.29, 0.717) is 22.4 Å². The van der Waals surface area contributed by atoms with Gasteiger partial charge >= 0.3 is 12.1 Å². The predicted molar refractivity (Wildman–Crippen MR) is 121 cm³/mol. The van der Waals surface area contributed by atoms with Crippen molar-refractivity contribution in [2.24, 2.45) is 0 Å². The lowest BCUT2D eigenvalue weighted by Gasteiger charge is -2.10. The first kappa shape index (κ1) is 25.1. The Kier molecular flexibility index (Phi) is 7.59. The number of carbonyl (C=O) groups excluding carboxylic acids is 3. The van der Waals surface area contributed by atoms with Crippen molar-refractivity contribution in [2.75, 3.05) is 10.6 Å². The van der Waals surface area contributed by atoms with Crippen LogP contribution in [0.2, 0.25) is 0 Å². The fraction of sp³-hybridized carbons (Fsp3) is 0.125. The Morgan fingerprint density at radius 1 is 0.857 bits per heavy atom. The molecule has 180 valence electrons. The van der Waals surface area contributed by atoms with Crippen LogP contribution in [0, 0.1) is 10.1 Å². The molecule has 3 aromatic carbocycles. The van der Waals surface area contributed by atoms with Crippen LogP contribution in [0.15, 0.2) is 72.8 Å². The second-order valence-electron chi connectivity index (χ2n) is 7.38. The highest BCUT2D eigenvalue weighted by atomic mass is 19.4. The zero-order valence-corrected chi connectivity index (χ0v) is 18.0. The average molecular weight is 485 g/mol. The number of rotatable bonds is 8. The molecule has 3 rings (SSSR count). The van der Waals surface area contributed by atoms with Gasteiger partial charge in [-0.1, -0.05) is 36.4 Å². The number of carbonyl (C=O) groups is 3. The molecule has 0 unspecified atom stereocenters. The SMILES string of the molecule is O=C(CCc1ccc(NC(=O)C(F)(F)F)c([N+](=O)[O-])c1)Nc1ccc(C(=O)c2ccccc2)cc1. The van der Waals surface area contributed by atoms with Crippen molar-refractivity contribution in [3.05, 3.63) is 99.6 Å². The van der Waals surface area contributed by atoms with Crippen molar-refractivity contribution in [1.82, 2.24) is 0 Å². The summed E-state index contributed by atoms with van der Waals surface area (Å²) in [6.45, 7) is 0. The van der Waals surface area contributed by atoms with Crippen molar-refractivity contribution < 1.29 is 32.5 Å². The topological polar surface area (TPSA) is 118 Å².